The third kappa shape index (κ3) is 8.08. The molecular formula is C35H35BrFN3O5. The largest absolute Gasteiger partial charge is 0.497 e. The van der Waals surface area contributed by atoms with Gasteiger partial charge in [0.25, 0.3) is 5.91 Å². The molecule has 1 amide bonds. The SMILES string of the molecule is COc1cccc([C@@H]2OC(c3ccc(OCCCO)cc3)=N[C@]2(Cc2ccc(Br)cc2)C(=O)NNCCc2cccc(F)c2)c1. The normalized spacial score (nSPS) is 17.3. The van der Waals surface area contributed by atoms with Crippen LogP contribution in [0.3, 0.4) is 0 Å². The van der Waals surface area contributed by atoms with Crippen LogP contribution in [0.15, 0.2) is 107 Å². The van der Waals surface area contributed by atoms with E-state index in [0.29, 0.717) is 49.0 Å². The van der Waals surface area contributed by atoms with Crippen LogP contribution in [-0.4, -0.2) is 49.3 Å². The van der Waals surface area contributed by atoms with E-state index in [1.807, 2.05) is 78.9 Å². The fourth-order valence-corrected chi connectivity index (χ4v) is 5.42. The van der Waals surface area contributed by atoms with Crippen LogP contribution in [0.5, 0.6) is 11.5 Å². The average molecular weight is 677 g/mol. The van der Waals surface area contributed by atoms with Gasteiger partial charge in [-0.05, 0) is 83.8 Å². The Kier molecular flexibility index (Phi) is 10.8. The summed E-state index contributed by atoms with van der Waals surface area (Å²) in [7, 11) is 1.59. The van der Waals surface area contributed by atoms with Gasteiger partial charge >= 0.3 is 0 Å². The van der Waals surface area contributed by atoms with Crippen molar-refractivity contribution in [3.8, 4) is 11.5 Å². The molecular weight excluding hydrogens is 641 g/mol. The maximum absolute atomic E-state index is 14.3. The average Bonchev–Trinajstić information content (AvgIpc) is 3.45. The summed E-state index contributed by atoms with van der Waals surface area (Å²) in [5.41, 5.74) is 7.59. The molecule has 45 heavy (non-hydrogen) atoms. The van der Waals surface area contributed by atoms with Gasteiger partial charge in [0.2, 0.25) is 5.90 Å². The van der Waals surface area contributed by atoms with Crippen molar-refractivity contribution in [3.05, 3.63) is 130 Å². The van der Waals surface area contributed by atoms with Crippen molar-refractivity contribution in [2.75, 3.05) is 26.9 Å². The lowest BCUT2D eigenvalue weighted by molar-refractivity contribution is -0.130. The quantitative estimate of drug-likeness (QED) is 0.117. The first-order chi connectivity index (χ1) is 21.9. The van der Waals surface area contributed by atoms with Gasteiger partial charge in [-0.15, -0.1) is 0 Å². The maximum Gasteiger partial charge on any atom is 0.266 e. The van der Waals surface area contributed by atoms with Gasteiger partial charge in [-0.2, -0.15) is 0 Å². The summed E-state index contributed by atoms with van der Waals surface area (Å²) in [6, 6.07) is 28.8. The number of hydrogen-bond donors (Lipinski definition) is 3. The molecule has 1 aliphatic heterocycles. The number of amides is 1. The number of hydrogen-bond acceptors (Lipinski definition) is 7. The summed E-state index contributed by atoms with van der Waals surface area (Å²) in [5.74, 6) is 0.908. The van der Waals surface area contributed by atoms with Crippen LogP contribution < -0.4 is 20.3 Å². The molecule has 2 atom stereocenters. The van der Waals surface area contributed by atoms with Gasteiger partial charge in [-0.1, -0.05) is 52.3 Å². The van der Waals surface area contributed by atoms with E-state index in [-0.39, 0.29) is 24.8 Å². The van der Waals surface area contributed by atoms with Crippen LogP contribution in [0.25, 0.3) is 0 Å². The van der Waals surface area contributed by atoms with Crippen molar-refractivity contribution >= 4 is 27.7 Å². The molecule has 0 bridgehead atoms. The van der Waals surface area contributed by atoms with Crippen LogP contribution in [0.2, 0.25) is 0 Å². The minimum absolute atomic E-state index is 0.0521. The number of halogens is 2. The van der Waals surface area contributed by atoms with E-state index < -0.39 is 11.6 Å². The molecule has 0 aliphatic carbocycles. The number of aliphatic hydroxyl groups excluding tert-OH is 1. The minimum atomic E-state index is -1.41. The van der Waals surface area contributed by atoms with Crippen molar-refractivity contribution in [1.29, 1.82) is 0 Å². The van der Waals surface area contributed by atoms with Crippen LogP contribution >= 0.6 is 15.9 Å². The summed E-state index contributed by atoms with van der Waals surface area (Å²) in [6.45, 7) is 0.826. The highest BCUT2D eigenvalue weighted by Gasteiger charge is 2.53. The number of aliphatic imine (C=N–C) groups is 1. The smallest absolute Gasteiger partial charge is 0.266 e. The first-order valence-electron chi connectivity index (χ1n) is 14.7. The number of aliphatic hydroxyl groups is 1. The van der Waals surface area contributed by atoms with Crippen LogP contribution in [0.4, 0.5) is 4.39 Å². The number of ether oxygens (including phenoxy) is 3. The van der Waals surface area contributed by atoms with Gasteiger partial charge in [0.15, 0.2) is 11.6 Å². The predicted molar refractivity (Wildman–Crippen MR) is 174 cm³/mol. The molecule has 0 spiro atoms. The van der Waals surface area contributed by atoms with Gasteiger partial charge in [0.05, 0.1) is 13.7 Å². The zero-order valence-corrected chi connectivity index (χ0v) is 26.4. The molecule has 1 heterocycles. The monoisotopic (exact) mass is 675 g/mol. The molecule has 4 aromatic carbocycles. The highest BCUT2D eigenvalue weighted by atomic mass is 79.9. The van der Waals surface area contributed by atoms with E-state index in [9.17, 15) is 9.18 Å². The molecule has 0 saturated heterocycles. The van der Waals surface area contributed by atoms with E-state index >= 15 is 0 Å². The Balaban J connectivity index is 1.49. The lowest BCUT2D eigenvalue weighted by atomic mass is 9.82. The number of rotatable bonds is 14. The van der Waals surface area contributed by atoms with Crippen molar-refractivity contribution in [3.63, 3.8) is 0 Å². The topological polar surface area (TPSA) is 101 Å². The molecule has 4 aromatic rings. The summed E-state index contributed by atoms with van der Waals surface area (Å²) in [5, 5.41) is 9.05. The van der Waals surface area contributed by atoms with Crippen molar-refractivity contribution < 1.29 is 28.5 Å². The number of methoxy groups -OCH3 is 1. The van der Waals surface area contributed by atoms with E-state index in [1.54, 1.807) is 13.2 Å². The Hall–Kier alpha value is -4.25. The van der Waals surface area contributed by atoms with Crippen molar-refractivity contribution in [1.82, 2.24) is 10.9 Å². The number of nitrogens with one attached hydrogen (secondary N) is 2. The third-order valence-corrected chi connectivity index (χ3v) is 7.97. The van der Waals surface area contributed by atoms with E-state index in [2.05, 4.69) is 26.8 Å². The van der Waals surface area contributed by atoms with Gasteiger partial charge in [0, 0.05) is 36.0 Å². The molecule has 0 radical (unpaired) electrons. The Bertz CT molecular complexity index is 1620. The second-order valence-corrected chi connectivity index (χ2v) is 11.5. The first kappa shape index (κ1) is 32.2. The van der Waals surface area contributed by atoms with E-state index in [0.717, 1.165) is 21.2 Å². The Morgan fingerprint density at radius 3 is 2.51 bits per heavy atom. The molecule has 0 saturated carbocycles. The molecule has 1 aliphatic rings. The van der Waals surface area contributed by atoms with Crippen LogP contribution in [0, 0.1) is 5.82 Å². The standard InChI is InChI=1S/C35H35BrFN3O5/c1-43-31-8-3-6-27(22-31)32-35(23-25-9-13-28(36)14-10-25,34(42)40-38-18-17-24-5-2-7-29(37)21-24)39-33(45-32)26-11-15-30(16-12-26)44-20-4-19-41/h2-3,5-16,21-22,32,38,41H,4,17-20,23H2,1H3,(H,40,42)/t32-,35-/m0/s1. The third-order valence-electron chi connectivity index (χ3n) is 7.44. The summed E-state index contributed by atoms with van der Waals surface area (Å²) < 4.78 is 32.4. The minimum Gasteiger partial charge on any atom is -0.497 e. The predicted octanol–water partition coefficient (Wildman–Crippen LogP) is 5.72. The van der Waals surface area contributed by atoms with Crippen molar-refractivity contribution in [2.45, 2.75) is 30.9 Å². The zero-order chi connectivity index (χ0) is 31.6. The second-order valence-electron chi connectivity index (χ2n) is 10.6. The number of nitrogens with zero attached hydrogens (tertiary/aromatic N) is 1. The Morgan fingerprint density at radius 2 is 1.78 bits per heavy atom. The summed E-state index contributed by atoms with van der Waals surface area (Å²) in [6.07, 6.45) is 0.487. The van der Waals surface area contributed by atoms with Gasteiger partial charge in [0.1, 0.15) is 17.3 Å². The molecule has 0 unspecified atom stereocenters. The van der Waals surface area contributed by atoms with E-state index in [1.165, 1.54) is 12.1 Å². The zero-order valence-electron chi connectivity index (χ0n) is 24.8. The maximum atomic E-state index is 14.3. The lowest BCUT2D eigenvalue weighted by Gasteiger charge is -2.31. The molecule has 0 fully saturated rings. The number of benzene rings is 4. The first-order valence-corrected chi connectivity index (χ1v) is 15.5. The van der Waals surface area contributed by atoms with E-state index in [4.69, 9.17) is 24.3 Å². The highest BCUT2D eigenvalue weighted by Crippen LogP contribution is 2.43. The van der Waals surface area contributed by atoms with Crippen LogP contribution in [-0.2, 0) is 22.4 Å². The molecule has 234 valence electrons. The fraction of sp³-hybridized carbons (Fsp3) is 0.257. The Labute approximate surface area is 270 Å². The van der Waals surface area contributed by atoms with Crippen molar-refractivity contribution in [2.24, 2.45) is 4.99 Å². The molecule has 10 heteroatoms. The van der Waals surface area contributed by atoms with Crippen LogP contribution in [0.1, 0.15) is 34.8 Å². The van der Waals surface area contributed by atoms with Gasteiger partial charge in [-0.3, -0.25) is 10.2 Å². The Morgan fingerprint density at radius 1 is 1.00 bits per heavy atom. The second kappa shape index (κ2) is 15.2. The summed E-state index contributed by atoms with van der Waals surface area (Å²) >= 11 is 3.49. The molecule has 5 rings (SSSR count). The molecule has 8 nitrogen and oxygen atoms in total. The number of carbonyl (C=O) groups excluding carboxylic acids is 1. The van der Waals surface area contributed by atoms with Gasteiger partial charge in [-0.25, -0.2) is 14.8 Å². The summed E-state index contributed by atoms with van der Waals surface area (Å²) in [4.78, 5) is 19.4. The molecule has 0 aromatic heterocycles. The fourth-order valence-electron chi connectivity index (χ4n) is 5.15. The molecule has 3 N–H and O–H groups in total. The lowest BCUT2D eigenvalue weighted by Crippen LogP contribution is -2.54. The van der Waals surface area contributed by atoms with Gasteiger partial charge < -0.3 is 19.3 Å². The number of hydrazine groups is 1. The number of carbonyl (C=O) groups is 1. The highest BCUT2D eigenvalue weighted by molar-refractivity contribution is 9.10.